The number of halogens is 1. The first-order chi connectivity index (χ1) is 8.56. The van der Waals surface area contributed by atoms with E-state index in [2.05, 4.69) is 30.9 Å². The Balaban J connectivity index is 2.22. The van der Waals surface area contributed by atoms with Crippen LogP contribution in [0.1, 0.15) is 31.8 Å². The highest BCUT2D eigenvalue weighted by Crippen LogP contribution is 2.32. The third-order valence-corrected chi connectivity index (χ3v) is 3.68. The highest BCUT2D eigenvalue weighted by Gasteiger charge is 2.27. The molecule has 0 aliphatic carbocycles. The Morgan fingerprint density at radius 2 is 2.22 bits per heavy atom. The summed E-state index contributed by atoms with van der Waals surface area (Å²) in [5, 5.41) is 0. The van der Waals surface area contributed by atoms with Crippen molar-refractivity contribution in [2.45, 2.75) is 39.0 Å². The molecule has 18 heavy (non-hydrogen) atoms. The first-order valence-corrected chi connectivity index (χ1v) is 6.65. The fraction of sp³-hybridized carbons (Fsp3) is 0.545. The van der Waals surface area contributed by atoms with Crippen LogP contribution in [-0.4, -0.2) is 25.6 Å². The summed E-state index contributed by atoms with van der Waals surface area (Å²) in [6, 6.07) is 0. The zero-order valence-corrected chi connectivity index (χ0v) is 11.7. The predicted molar refractivity (Wildman–Crippen MR) is 69.4 cm³/mol. The number of nitrogens with zero attached hydrogens (tertiary/aromatic N) is 3. The zero-order chi connectivity index (χ0) is 12.9. The van der Waals surface area contributed by atoms with E-state index < -0.39 is 0 Å². The quantitative estimate of drug-likeness (QED) is 0.816. The number of H-pyrrole nitrogens is 1. The summed E-state index contributed by atoms with van der Waals surface area (Å²) in [6.07, 6.45) is 2.02. The third kappa shape index (κ3) is 1.78. The molecule has 2 aromatic heterocycles. The zero-order valence-electron chi connectivity index (χ0n) is 10.1. The van der Waals surface area contributed by atoms with Crippen molar-refractivity contribution in [3.8, 4) is 0 Å². The molecule has 96 valence electrons. The van der Waals surface area contributed by atoms with Gasteiger partial charge < -0.3 is 9.72 Å². The van der Waals surface area contributed by atoms with Crippen molar-refractivity contribution in [1.82, 2.24) is 19.5 Å². The molecular formula is C11H13BrN4O2. The second-order valence-electron chi connectivity index (χ2n) is 4.55. The number of imidazole rings is 1. The number of hydrogen-bond acceptors (Lipinski definition) is 4. The van der Waals surface area contributed by atoms with Crippen LogP contribution in [-0.2, 0) is 4.74 Å². The number of hydrogen-bond donors (Lipinski definition) is 1. The van der Waals surface area contributed by atoms with E-state index in [1.807, 2.05) is 11.5 Å². The lowest BCUT2D eigenvalue weighted by Crippen LogP contribution is -2.13. The maximum atomic E-state index is 11.8. The Hall–Kier alpha value is -1.21. The van der Waals surface area contributed by atoms with Crippen LogP contribution in [0.5, 0.6) is 0 Å². The molecule has 1 N–H and O–H groups in total. The molecule has 1 aliphatic heterocycles. The fourth-order valence-corrected chi connectivity index (χ4v) is 2.87. The van der Waals surface area contributed by atoms with Gasteiger partial charge in [-0.1, -0.05) is 0 Å². The largest absolute Gasteiger partial charge is 0.355 e. The Bertz CT molecular complexity index is 663. The van der Waals surface area contributed by atoms with Gasteiger partial charge in [-0.15, -0.1) is 0 Å². The average molecular weight is 313 g/mol. The SMILES string of the molecule is Cc1nc2c(nc(Br)n2[C@H]2CC[C@@H](C)O2)c(=O)[nH]1. The number of fused-ring (bicyclic) bond motifs is 1. The smallest absolute Gasteiger partial charge is 0.279 e. The lowest BCUT2D eigenvalue weighted by atomic mass is 10.2. The van der Waals surface area contributed by atoms with E-state index in [0.717, 1.165) is 12.8 Å². The van der Waals surface area contributed by atoms with E-state index in [4.69, 9.17) is 4.74 Å². The molecular weight excluding hydrogens is 300 g/mol. The van der Waals surface area contributed by atoms with Crippen LogP contribution < -0.4 is 5.56 Å². The number of rotatable bonds is 1. The van der Waals surface area contributed by atoms with Crippen molar-refractivity contribution in [3.63, 3.8) is 0 Å². The van der Waals surface area contributed by atoms with Gasteiger partial charge in [-0.25, -0.2) is 9.97 Å². The maximum Gasteiger partial charge on any atom is 0.279 e. The van der Waals surface area contributed by atoms with Gasteiger partial charge in [0.2, 0.25) is 0 Å². The first-order valence-electron chi connectivity index (χ1n) is 5.86. The molecule has 0 bridgehead atoms. The first kappa shape index (κ1) is 11.9. The minimum absolute atomic E-state index is 0.104. The minimum atomic E-state index is -0.219. The van der Waals surface area contributed by atoms with E-state index in [1.54, 1.807) is 6.92 Å². The molecule has 1 saturated heterocycles. The van der Waals surface area contributed by atoms with Crippen molar-refractivity contribution in [1.29, 1.82) is 0 Å². The van der Waals surface area contributed by atoms with E-state index in [9.17, 15) is 4.79 Å². The number of aromatic amines is 1. The highest BCUT2D eigenvalue weighted by molar-refractivity contribution is 9.10. The van der Waals surface area contributed by atoms with Crippen molar-refractivity contribution >= 4 is 27.1 Å². The molecule has 2 atom stereocenters. The summed E-state index contributed by atoms with van der Waals surface area (Å²) in [4.78, 5) is 23.0. The lowest BCUT2D eigenvalue weighted by Gasteiger charge is -2.14. The summed E-state index contributed by atoms with van der Waals surface area (Å²) in [7, 11) is 0. The van der Waals surface area contributed by atoms with Gasteiger partial charge in [-0.05, 0) is 42.6 Å². The van der Waals surface area contributed by atoms with Gasteiger partial charge in [0.1, 0.15) is 12.1 Å². The van der Waals surface area contributed by atoms with Gasteiger partial charge in [0, 0.05) is 0 Å². The molecule has 0 amide bonds. The van der Waals surface area contributed by atoms with E-state index in [-0.39, 0.29) is 17.9 Å². The fourth-order valence-electron chi connectivity index (χ4n) is 2.29. The molecule has 0 aromatic carbocycles. The topological polar surface area (TPSA) is 72.8 Å². The molecule has 3 heterocycles. The van der Waals surface area contributed by atoms with Crippen molar-refractivity contribution in [2.75, 3.05) is 0 Å². The van der Waals surface area contributed by atoms with Crippen LogP contribution in [0.2, 0.25) is 0 Å². The Kier molecular flexibility index (Phi) is 2.74. The molecule has 1 fully saturated rings. The molecule has 3 rings (SSSR count). The van der Waals surface area contributed by atoms with Crippen molar-refractivity contribution in [2.24, 2.45) is 0 Å². The molecule has 7 heteroatoms. The standard InChI is InChI=1S/C11H13BrN4O2/c1-5-3-4-7(18-5)16-9-8(15-11(16)12)10(17)14-6(2)13-9/h5,7H,3-4H2,1-2H3,(H,13,14,17)/t5-,7-/m1/s1. The van der Waals surface area contributed by atoms with Crippen LogP contribution >= 0.6 is 15.9 Å². The van der Waals surface area contributed by atoms with Gasteiger partial charge in [0.05, 0.1) is 6.10 Å². The normalized spacial score (nSPS) is 23.9. The molecule has 0 spiro atoms. The summed E-state index contributed by atoms with van der Waals surface area (Å²) >= 11 is 3.38. The van der Waals surface area contributed by atoms with Crippen LogP contribution in [0, 0.1) is 6.92 Å². The summed E-state index contributed by atoms with van der Waals surface area (Å²) in [5.74, 6) is 0.576. The molecule has 0 radical (unpaired) electrons. The minimum Gasteiger partial charge on any atom is -0.355 e. The van der Waals surface area contributed by atoms with E-state index >= 15 is 0 Å². The van der Waals surface area contributed by atoms with Crippen molar-refractivity contribution in [3.05, 3.63) is 20.9 Å². The Labute approximate surface area is 112 Å². The molecule has 0 unspecified atom stereocenters. The summed E-state index contributed by atoms with van der Waals surface area (Å²) in [5.41, 5.74) is 0.695. The number of aryl methyl sites for hydroxylation is 1. The van der Waals surface area contributed by atoms with Crippen LogP contribution in [0.25, 0.3) is 11.2 Å². The van der Waals surface area contributed by atoms with Gasteiger partial charge in [0.15, 0.2) is 15.9 Å². The van der Waals surface area contributed by atoms with E-state index in [0.29, 0.717) is 21.7 Å². The number of nitrogens with one attached hydrogen (secondary N) is 1. The molecule has 6 nitrogen and oxygen atoms in total. The third-order valence-electron chi connectivity index (χ3n) is 3.12. The Morgan fingerprint density at radius 1 is 1.44 bits per heavy atom. The average Bonchev–Trinajstić information content (AvgIpc) is 2.82. The molecule has 2 aromatic rings. The summed E-state index contributed by atoms with van der Waals surface area (Å²) in [6.45, 7) is 3.79. The summed E-state index contributed by atoms with van der Waals surface area (Å²) < 4.78 is 8.25. The highest BCUT2D eigenvalue weighted by atomic mass is 79.9. The van der Waals surface area contributed by atoms with Gasteiger partial charge in [-0.2, -0.15) is 0 Å². The number of ether oxygens (including phenoxy) is 1. The second kappa shape index (κ2) is 4.17. The van der Waals surface area contributed by atoms with Gasteiger partial charge in [-0.3, -0.25) is 9.36 Å². The predicted octanol–water partition coefficient (Wildman–Crippen LogP) is 1.89. The van der Waals surface area contributed by atoms with Crippen LogP contribution in [0.15, 0.2) is 9.53 Å². The molecule has 1 aliphatic rings. The van der Waals surface area contributed by atoms with Gasteiger partial charge >= 0.3 is 0 Å². The maximum absolute atomic E-state index is 11.8. The monoisotopic (exact) mass is 312 g/mol. The lowest BCUT2D eigenvalue weighted by molar-refractivity contribution is 0.0118. The number of aromatic nitrogens is 4. The Morgan fingerprint density at radius 3 is 2.89 bits per heavy atom. The molecule has 0 saturated carbocycles. The van der Waals surface area contributed by atoms with Crippen LogP contribution in [0.3, 0.4) is 0 Å². The second-order valence-corrected chi connectivity index (χ2v) is 5.26. The van der Waals surface area contributed by atoms with Gasteiger partial charge in [0.25, 0.3) is 5.56 Å². The van der Waals surface area contributed by atoms with Crippen molar-refractivity contribution < 1.29 is 4.74 Å². The van der Waals surface area contributed by atoms with Crippen LogP contribution in [0.4, 0.5) is 0 Å². The van der Waals surface area contributed by atoms with E-state index in [1.165, 1.54) is 0 Å².